The number of nitrogens with one attached hydrogen (secondary N) is 1. The summed E-state index contributed by atoms with van der Waals surface area (Å²) in [5, 5.41) is 11.0. The fourth-order valence-corrected chi connectivity index (χ4v) is 5.76. The largest absolute Gasteiger partial charge is 0.492 e. The van der Waals surface area contributed by atoms with Crippen molar-refractivity contribution in [1.29, 1.82) is 0 Å². The summed E-state index contributed by atoms with van der Waals surface area (Å²) in [6, 6.07) is 9.79. The van der Waals surface area contributed by atoms with Gasteiger partial charge in [0, 0.05) is 84.5 Å². The van der Waals surface area contributed by atoms with Crippen molar-refractivity contribution in [3.63, 3.8) is 0 Å². The van der Waals surface area contributed by atoms with Gasteiger partial charge < -0.3 is 14.8 Å². The maximum Gasteiger partial charge on any atom is 0.135 e. The Hall–Kier alpha value is -2.55. The lowest BCUT2D eigenvalue weighted by Crippen LogP contribution is -2.49. The van der Waals surface area contributed by atoms with E-state index in [1.54, 1.807) is 0 Å². The maximum atomic E-state index is 15.8. The lowest BCUT2D eigenvalue weighted by molar-refractivity contribution is 0.0543. The molecule has 3 heterocycles. The molecular formula is C29H36F3N3O2. The second-order valence-electron chi connectivity index (χ2n) is 11.4. The fraction of sp³-hybridized carbons (Fsp3) is 0.517. The Morgan fingerprint density at radius 3 is 2.51 bits per heavy atom. The van der Waals surface area contributed by atoms with E-state index >= 15 is 8.78 Å². The summed E-state index contributed by atoms with van der Waals surface area (Å²) in [4.78, 5) is 7.62. The smallest absolute Gasteiger partial charge is 0.135 e. The van der Waals surface area contributed by atoms with E-state index in [9.17, 15) is 9.50 Å². The van der Waals surface area contributed by atoms with Crippen LogP contribution in [-0.4, -0.2) is 72.0 Å². The lowest BCUT2D eigenvalue weighted by atomic mass is 9.84. The predicted octanol–water partition coefficient (Wildman–Crippen LogP) is 5.08. The van der Waals surface area contributed by atoms with Crippen LogP contribution in [0.3, 0.4) is 0 Å². The van der Waals surface area contributed by atoms with Gasteiger partial charge in [-0.3, -0.25) is 14.2 Å². The molecule has 2 aliphatic heterocycles. The second-order valence-corrected chi connectivity index (χ2v) is 11.4. The summed E-state index contributed by atoms with van der Waals surface area (Å²) in [6.07, 6.45) is 0.738. The van der Waals surface area contributed by atoms with Crippen molar-refractivity contribution >= 4 is 10.9 Å². The molecule has 8 heteroatoms. The molecule has 0 amide bonds. The van der Waals surface area contributed by atoms with Crippen LogP contribution in [0.5, 0.6) is 5.75 Å². The molecule has 0 spiro atoms. The van der Waals surface area contributed by atoms with Crippen LogP contribution in [0.2, 0.25) is 0 Å². The minimum absolute atomic E-state index is 0.00179. The van der Waals surface area contributed by atoms with Crippen LogP contribution in [0.15, 0.2) is 36.4 Å². The molecular weight excluding hydrogens is 479 g/mol. The molecule has 3 aromatic rings. The van der Waals surface area contributed by atoms with Crippen molar-refractivity contribution in [2.45, 2.75) is 39.3 Å². The van der Waals surface area contributed by atoms with Gasteiger partial charge in [0.25, 0.3) is 0 Å². The van der Waals surface area contributed by atoms with Gasteiger partial charge in [-0.1, -0.05) is 32.0 Å². The van der Waals surface area contributed by atoms with E-state index < -0.39 is 23.1 Å². The molecule has 0 saturated carbocycles. The van der Waals surface area contributed by atoms with Crippen LogP contribution in [0.25, 0.3) is 10.9 Å². The minimum Gasteiger partial charge on any atom is -0.492 e. The number of para-hydroxylation sites is 1. The number of aliphatic hydroxyl groups is 1. The number of rotatable bonds is 9. The summed E-state index contributed by atoms with van der Waals surface area (Å²) in [5.41, 5.74) is 2.33. The third-order valence-electron chi connectivity index (χ3n) is 7.81. The summed E-state index contributed by atoms with van der Waals surface area (Å²) in [7, 11) is 0. The van der Waals surface area contributed by atoms with E-state index in [1.807, 2.05) is 38.1 Å². The first-order valence-corrected chi connectivity index (χ1v) is 13.1. The molecule has 5 rings (SSSR count). The highest BCUT2D eigenvalue weighted by atomic mass is 19.1. The first-order chi connectivity index (χ1) is 17.7. The molecule has 1 aromatic heterocycles. The Labute approximate surface area is 216 Å². The normalized spacial score (nSPS) is 21.3. The van der Waals surface area contributed by atoms with Gasteiger partial charge in [-0.15, -0.1) is 0 Å². The fourth-order valence-electron chi connectivity index (χ4n) is 5.76. The van der Waals surface area contributed by atoms with E-state index in [0.717, 1.165) is 28.6 Å². The number of aromatic nitrogens is 1. The molecule has 2 aromatic carbocycles. The number of aliphatic hydroxyl groups excluding tert-OH is 1. The van der Waals surface area contributed by atoms with Crippen molar-refractivity contribution in [3.8, 4) is 5.75 Å². The highest BCUT2D eigenvalue weighted by Crippen LogP contribution is 2.44. The summed E-state index contributed by atoms with van der Waals surface area (Å²) in [6.45, 7) is 8.33. The van der Waals surface area contributed by atoms with Crippen molar-refractivity contribution in [2.24, 2.45) is 11.3 Å². The number of hydrogen-bond acceptors (Lipinski definition) is 4. The number of alkyl halides is 1. The highest BCUT2D eigenvalue weighted by molar-refractivity contribution is 5.85. The Bertz CT molecular complexity index is 1230. The van der Waals surface area contributed by atoms with Gasteiger partial charge in [0.15, 0.2) is 0 Å². The SMILES string of the molecule is C[C@@H]1Cc2c([nH]c3ccccc23)[C@@H](c2c(F)cc(OCCN3CC(CF)C3)cc2F)N1CC(C)(C)CO. The minimum atomic E-state index is -0.676. The Balaban J connectivity index is 1.47. The molecule has 0 radical (unpaired) electrons. The van der Waals surface area contributed by atoms with Gasteiger partial charge in [0.2, 0.25) is 0 Å². The zero-order valence-corrected chi connectivity index (χ0v) is 21.7. The number of H-pyrrole nitrogens is 1. The van der Waals surface area contributed by atoms with E-state index in [4.69, 9.17) is 4.74 Å². The summed E-state index contributed by atoms with van der Waals surface area (Å²) in [5.74, 6) is -1.09. The number of hydrogen-bond donors (Lipinski definition) is 2. The molecule has 0 unspecified atom stereocenters. The number of benzene rings is 2. The van der Waals surface area contributed by atoms with Gasteiger partial charge in [-0.25, -0.2) is 8.78 Å². The van der Waals surface area contributed by atoms with E-state index in [0.29, 0.717) is 26.2 Å². The molecule has 0 aliphatic carbocycles. The first kappa shape index (κ1) is 26.1. The van der Waals surface area contributed by atoms with Crippen molar-refractivity contribution in [3.05, 3.63) is 64.9 Å². The molecule has 5 nitrogen and oxygen atoms in total. The molecule has 2 aliphatic rings. The van der Waals surface area contributed by atoms with Crippen LogP contribution in [0.1, 0.15) is 43.6 Å². The number of fused-ring (bicyclic) bond motifs is 3. The van der Waals surface area contributed by atoms with Gasteiger partial charge in [-0.2, -0.15) is 0 Å². The van der Waals surface area contributed by atoms with Gasteiger partial charge in [0.05, 0.1) is 12.7 Å². The van der Waals surface area contributed by atoms with Crippen LogP contribution in [0.4, 0.5) is 13.2 Å². The topological polar surface area (TPSA) is 51.7 Å². The second kappa shape index (κ2) is 10.3. The number of nitrogens with zero attached hydrogens (tertiary/aromatic N) is 2. The quantitative estimate of drug-likeness (QED) is 0.417. The zero-order chi connectivity index (χ0) is 26.3. The maximum absolute atomic E-state index is 15.8. The molecule has 2 atom stereocenters. The first-order valence-electron chi connectivity index (χ1n) is 13.1. The van der Waals surface area contributed by atoms with Crippen LogP contribution >= 0.6 is 0 Å². The van der Waals surface area contributed by atoms with E-state index in [-0.39, 0.29) is 43.2 Å². The average molecular weight is 516 g/mol. The van der Waals surface area contributed by atoms with Crippen molar-refractivity contribution in [2.75, 3.05) is 46.1 Å². The van der Waals surface area contributed by atoms with E-state index in [2.05, 4.69) is 21.7 Å². The molecule has 37 heavy (non-hydrogen) atoms. The number of aromatic amines is 1. The average Bonchev–Trinajstić information content (AvgIpc) is 3.20. The van der Waals surface area contributed by atoms with Crippen LogP contribution in [-0.2, 0) is 6.42 Å². The zero-order valence-electron chi connectivity index (χ0n) is 21.7. The number of likely N-dealkylation sites (tertiary alicyclic amines) is 1. The molecule has 200 valence electrons. The monoisotopic (exact) mass is 515 g/mol. The molecule has 0 bridgehead atoms. The molecule has 2 N–H and O–H groups in total. The van der Waals surface area contributed by atoms with Crippen LogP contribution in [0, 0.1) is 23.0 Å². The Morgan fingerprint density at radius 2 is 1.84 bits per heavy atom. The third-order valence-corrected chi connectivity index (χ3v) is 7.81. The third kappa shape index (κ3) is 5.11. The standard InChI is InChI=1S/C29H36F3N3O2/c1-18-10-22-21-6-4-5-7-25(21)33-27(22)28(35(18)16-29(2,3)17-36)26-23(31)11-20(12-24(26)32)37-9-8-34-14-19(13-30)15-34/h4-7,11-12,18-19,28,33,36H,8-10,13-17H2,1-3H3/t18-,28-/m1/s1. The predicted molar refractivity (Wildman–Crippen MR) is 139 cm³/mol. The molecule has 1 saturated heterocycles. The van der Waals surface area contributed by atoms with Crippen molar-refractivity contribution < 1.29 is 23.0 Å². The number of ether oxygens (including phenoxy) is 1. The van der Waals surface area contributed by atoms with E-state index in [1.165, 1.54) is 12.1 Å². The summed E-state index contributed by atoms with van der Waals surface area (Å²) < 4.78 is 49.8. The number of halogens is 3. The Morgan fingerprint density at radius 1 is 1.14 bits per heavy atom. The van der Waals surface area contributed by atoms with Gasteiger partial charge in [-0.05, 0) is 25.0 Å². The van der Waals surface area contributed by atoms with Crippen molar-refractivity contribution in [1.82, 2.24) is 14.8 Å². The van der Waals surface area contributed by atoms with Crippen LogP contribution < -0.4 is 4.74 Å². The lowest BCUT2D eigenvalue weighted by Gasteiger charge is -2.44. The Kier molecular flexibility index (Phi) is 7.27. The highest BCUT2D eigenvalue weighted by Gasteiger charge is 2.40. The summed E-state index contributed by atoms with van der Waals surface area (Å²) >= 11 is 0. The van der Waals surface area contributed by atoms with Gasteiger partial charge in [0.1, 0.15) is 24.0 Å². The molecule has 1 fully saturated rings. The van der Waals surface area contributed by atoms with Gasteiger partial charge >= 0.3 is 0 Å².